The van der Waals surface area contributed by atoms with Crippen molar-refractivity contribution >= 4 is 34.2 Å². The first-order chi connectivity index (χ1) is 15.3. The van der Waals surface area contributed by atoms with Crippen molar-refractivity contribution in [1.82, 2.24) is 0 Å². The number of hydrogen-bond donors (Lipinski definition) is 2. The number of hydrogen-bond acceptors (Lipinski definition) is 4. The Morgan fingerprint density at radius 1 is 0.844 bits per heavy atom. The smallest absolute Gasteiger partial charge is 0.255 e. The van der Waals surface area contributed by atoms with Gasteiger partial charge in [0.05, 0.1) is 5.39 Å². The van der Waals surface area contributed by atoms with Crippen LogP contribution in [-0.2, 0) is 4.79 Å². The maximum Gasteiger partial charge on any atom is 0.255 e. The van der Waals surface area contributed by atoms with E-state index in [2.05, 4.69) is 10.6 Å². The predicted molar refractivity (Wildman–Crippen MR) is 126 cm³/mol. The molecule has 2 N–H and O–H groups in total. The zero-order valence-corrected chi connectivity index (χ0v) is 18.0. The molecule has 2 amide bonds. The summed E-state index contributed by atoms with van der Waals surface area (Å²) in [6.45, 7) is 5.23. The molecule has 32 heavy (non-hydrogen) atoms. The lowest BCUT2D eigenvalue weighted by molar-refractivity contribution is -0.114. The van der Waals surface area contributed by atoms with Gasteiger partial charge in [-0.15, -0.1) is 0 Å². The van der Waals surface area contributed by atoms with E-state index in [0.29, 0.717) is 39.2 Å². The number of rotatable bonds is 4. The fourth-order valence-corrected chi connectivity index (χ4v) is 3.43. The van der Waals surface area contributed by atoms with Crippen LogP contribution in [0.5, 0.6) is 0 Å². The molecule has 4 aromatic rings. The molecule has 160 valence electrons. The lowest BCUT2D eigenvalue weighted by atomic mass is 10.1. The van der Waals surface area contributed by atoms with Gasteiger partial charge in [0.1, 0.15) is 11.3 Å². The minimum absolute atomic E-state index is 0.110. The number of carbonyl (C=O) groups excluding carboxylic acids is 2. The summed E-state index contributed by atoms with van der Waals surface area (Å²) in [5.41, 5.74) is 4.65. The van der Waals surface area contributed by atoms with Gasteiger partial charge >= 0.3 is 0 Å². The number of fused-ring (bicyclic) bond motifs is 1. The maximum atomic E-state index is 12.7. The molecule has 0 aliphatic rings. The fraction of sp³-hybridized carbons (Fsp3) is 0.115. The molecule has 0 aliphatic carbocycles. The van der Waals surface area contributed by atoms with E-state index in [9.17, 15) is 14.4 Å². The molecule has 0 fully saturated rings. The Morgan fingerprint density at radius 3 is 2.31 bits per heavy atom. The van der Waals surface area contributed by atoms with E-state index in [1.165, 1.54) is 13.0 Å². The van der Waals surface area contributed by atoms with E-state index in [4.69, 9.17) is 4.42 Å². The highest BCUT2D eigenvalue weighted by molar-refractivity contribution is 6.05. The van der Waals surface area contributed by atoms with Gasteiger partial charge in [-0.3, -0.25) is 14.4 Å². The van der Waals surface area contributed by atoms with Crippen LogP contribution in [-0.4, -0.2) is 11.8 Å². The van der Waals surface area contributed by atoms with Crippen molar-refractivity contribution in [2.45, 2.75) is 20.8 Å². The summed E-state index contributed by atoms with van der Waals surface area (Å²) < 4.78 is 5.91. The van der Waals surface area contributed by atoms with E-state index in [0.717, 1.165) is 11.1 Å². The third-order valence-corrected chi connectivity index (χ3v) is 5.12. The van der Waals surface area contributed by atoms with Crippen LogP contribution in [0.15, 0.2) is 75.9 Å². The molecule has 0 aliphatic heterocycles. The number of amides is 2. The highest BCUT2D eigenvalue weighted by Gasteiger charge is 2.11. The molecule has 0 spiro atoms. The summed E-state index contributed by atoms with van der Waals surface area (Å²) in [6.07, 6.45) is 0. The van der Waals surface area contributed by atoms with Gasteiger partial charge < -0.3 is 15.1 Å². The van der Waals surface area contributed by atoms with Crippen LogP contribution < -0.4 is 16.1 Å². The molecule has 6 nitrogen and oxygen atoms in total. The molecule has 0 saturated heterocycles. The van der Waals surface area contributed by atoms with E-state index in [1.807, 2.05) is 26.0 Å². The zero-order valence-electron chi connectivity index (χ0n) is 18.0. The number of benzene rings is 3. The summed E-state index contributed by atoms with van der Waals surface area (Å²) in [5, 5.41) is 6.12. The zero-order chi connectivity index (χ0) is 22.8. The van der Waals surface area contributed by atoms with Gasteiger partial charge in [-0.2, -0.15) is 0 Å². The molecule has 3 aromatic carbocycles. The van der Waals surface area contributed by atoms with Crippen LogP contribution in [0.4, 0.5) is 11.4 Å². The first-order valence-corrected chi connectivity index (χ1v) is 10.1. The largest absolute Gasteiger partial charge is 0.456 e. The van der Waals surface area contributed by atoms with E-state index >= 15 is 0 Å². The Labute approximate surface area is 184 Å². The number of anilines is 2. The van der Waals surface area contributed by atoms with E-state index in [1.54, 1.807) is 48.5 Å². The average molecular weight is 426 g/mol. The second-order valence-corrected chi connectivity index (χ2v) is 7.72. The summed E-state index contributed by atoms with van der Waals surface area (Å²) >= 11 is 0. The van der Waals surface area contributed by atoms with Crippen molar-refractivity contribution in [2.75, 3.05) is 10.6 Å². The van der Waals surface area contributed by atoms with Crippen LogP contribution in [0.2, 0.25) is 0 Å². The lowest BCUT2D eigenvalue weighted by Crippen LogP contribution is -2.13. The SMILES string of the molecule is CC(=O)Nc1ccc(C)c(NC(=O)c2ccc(-c3cc(=O)c4cc(C)ccc4o3)cc2)c1. The molecule has 6 heteroatoms. The van der Waals surface area contributed by atoms with Gasteiger partial charge in [-0.1, -0.05) is 29.8 Å². The van der Waals surface area contributed by atoms with Crippen molar-refractivity contribution < 1.29 is 14.0 Å². The van der Waals surface area contributed by atoms with Gasteiger partial charge in [0.15, 0.2) is 5.43 Å². The number of carbonyl (C=O) groups is 2. The highest BCUT2D eigenvalue weighted by Crippen LogP contribution is 2.24. The lowest BCUT2D eigenvalue weighted by Gasteiger charge is -2.11. The van der Waals surface area contributed by atoms with Crippen LogP contribution >= 0.6 is 0 Å². The average Bonchev–Trinajstić information content (AvgIpc) is 2.76. The van der Waals surface area contributed by atoms with Crippen molar-refractivity contribution in [3.05, 3.63) is 93.6 Å². The third-order valence-electron chi connectivity index (χ3n) is 5.12. The molecule has 0 saturated carbocycles. The molecule has 0 atom stereocenters. The normalized spacial score (nSPS) is 10.7. The molecule has 1 aromatic heterocycles. The Hall–Kier alpha value is -4.19. The van der Waals surface area contributed by atoms with Crippen molar-refractivity contribution in [2.24, 2.45) is 0 Å². The Bertz CT molecular complexity index is 1400. The second-order valence-electron chi connectivity index (χ2n) is 7.72. The van der Waals surface area contributed by atoms with Crippen molar-refractivity contribution in [3.63, 3.8) is 0 Å². The van der Waals surface area contributed by atoms with Crippen molar-refractivity contribution in [1.29, 1.82) is 0 Å². The third kappa shape index (κ3) is 4.44. The van der Waals surface area contributed by atoms with Crippen LogP contribution in [0.25, 0.3) is 22.3 Å². The van der Waals surface area contributed by atoms with Crippen LogP contribution in [0.3, 0.4) is 0 Å². The Balaban J connectivity index is 1.57. The van der Waals surface area contributed by atoms with Gasteiger partial charge in [-0.05, 0) is 55.8 Å². The minimum atomic E-state index is -0.282. The van der Waals surface area contributed by atoms with Crippen LogP contribution in [0, 0.1) is 13.8 Å². The summed E-state index contributed by atoms with van der Waals surface area (Å²) in [6, 6.07) is 19.1. The Kier molecular flexibility index (Phi) is 5.60. The van der Waals surface area contributed by atoms with Gasteiger partial charge in [0.2, 0.25) is 5.91 Å². The van der Waals surface area contributed by atoms with E-state index in [-0.39, 0.29) is 17.2 Å². The Morgan fingerprint density at radius 2 is 1.59 bits per heavy atom. The number of nitrogens with one attached hydrogen (secondary N) is 2. The molecular weight excluding hydrogens is 404 g/mol. The highest BCUT2D eigenvalue weighted by atomic mass is 16.3. The number of aryl methyl sites for hydroxylation is 2. The maximum absolute atomic E-state index is 12.7. The van der Waals surface area contributed by atoms with E-state index < -0.39 is 0 Å². The molecule has 0 bridgehead atoms. The summed E-state index contributed by atoms with van der Waals surface area (Å²) in [4.78, 5) is 36.5. The van der Waals surface area contributed by atoms with Crippen molar-refractivity contribution in [3.8, 4) is 11.3 Å². The first-order valence-electron chi connectivity index (χ1n) is 10.1. The predicted octanol–water partition coefficient (Wildman–Crippen LogP) is 5.29. The quantitative estimate of drug-likeness (QED) is 0.464. The van der Waals surface area contributed by atoms with Gasteiger partial charge in [0.25, 0.3) is 5.91 Å². The van der Waals surface area contributed by atoms with Gasteiger partial charge in [-0.25, -0.2) is 0 Å². The summed E-state index contributed by atoms with van der Waals surface area (Å²) in [7, 11) is 0. The van der Waals surface area contributed by atoms with Gasteiger partial charge in [0, 0.05) is 35.5 Å². The van der Waals surface area contributed by atoms with Crippen LogP contribution in [0.1, 0.15) is 28.4 Å². The second kappa shape index (κ2) is 8.51. The first kappa shape index (κ1) is 21.1. The molecule has 0 unspecified atom stereocenters. The molecule has 1 heterocycles. The fourth-order valence-electron chi connectivity index (χ4n) is 3.43. The monoisotopic (exact) mass is 426 g/mol. The molecular formula is C26H22N2O4. The minimum Gasteiger partial charge on any atom is -0.456 e. The molecule has 0 radical (unpaired) electrons. The molecule has 4 rings (SSSR count). The topological polar surface area (TPSA) is 88.4 Å². The standard InChI is InChI=1S/C26H22N2O4/c1-15-4-11-24-21(12-15)23(30)14-25(32-24)18-6-8-19(9-7-18)26(31)28-22-13-20(27-17(3)29)10-5-16(22)2/h4-14H,1-3H3,(H,27,29)(H,28,31). The summed E-state index contributed by atoms with van der Waals surface area (Å²) in [5.74, 6) is -0.0237.